The molecule has 2 N–H and O–H groups in total. The number of hydrogen-bond acceptors (Lipinski definition) is 3. The van der Waals surface area contributed by atoms with E-state index in [9.17, 15) is 9.50 Å². The Hall–Kier alpha value is -0.970. The van der Waals surface area contributed by atoms with Gasteiger partial charge in [-0.15, -0.1) is 0 Å². The van der Waals surface area contributed by atoms with Crippen LogP contribution in [0.1, 0.15) is 38.3 Å². The van der Waals surface area contributed by atoms with E-state index in [0.29, 0.717) is 5.92 Å². The van der Waals surface area contributed by atoms with E-state index >= 15 is 0 Å². The second-order valence-corrected chi connectivity index (χ2v) is 5.97. The Bertz CT molecular complexity index is 441. The zero-order chi connectivity index (χ0) is 15.2. The van der Waals surface area contributed by atoms with Gasteiger partial charge in [-0.2, -0.15) is 0 Å². The van der Waals surface area contributed by atoms with Gasteiger partial charge >= 0.3 is 0 Å². The highest BCUT2D eigenvalue weighted by Crippen LogP contribution is 2.26. The molecule has 0 radical (unpaired) electrons. The molecule has 0 spiro atoms. The van der Waals surface area contributed by atoms with Crippen LogP contribution in [0.4, 0.5) is 4.39 Å². The first-order chi connectivity index (χ1) is 10.2. The van der Waals surface area contributed by atoms with Crippen molar-refractivity contribution in [1.82, 2.24) is 10.2 Å². The van der Waals surface area contributed by atoms with Crippen LogP contribution in [0.5, 0.6) is 0 Å². The van der Waals surface area contributed by atoms with Gasteiger partial charge in [0.2, 0.25) is 0 Å². The molecule has 3 atom stereocenters. The van der Waals surface area contributed by atoms with E-state index in [1.165, 1.54) is 6.07 Å². The number of aliphatic hydroxyl groups is 1. The first-order valence-electron chi connectivity index (χ1n) is 8.00. The fraction of sp³-hybridized carbons (Fsp3) is 0.647. The minimum atomic E-state index is -0.142. The Morgan fingerprint density at radius 3 is 2.86 bits per heavy atom. The predicted molar refractivity (Wildman–Crippen MR) is 83.7 cm³/mol. The van der Waals surface area contributed by atoms with Crippen LogP contribution in [0.25, 0.3) is 0 Å². The molecule has 1 aromatic rings. The summed E-state index contributed by atoms with van der Waals surface area (Å²) < 4.78 is 14.0. The fourth-order valence-electron chi connectivity index (χ4n) is 3.33. The van der Waals surface area contributed by atoms with Crippen LogP contribution < -0.4 is 5.32 Å². The molecule has 1 aliphatic heterocycles. The number of aliphatic hydroxyl groups excluding tert-OH is 1. The Morgan fingerprint density at radius 1 is 1.43 bits per heavy atom. The largest absolute Gasteiger partial charge is 0.395 e. The van der Waals surface area contributed by atoms with Crippen LogP contribution in [0.2, 0.25) is 0 Å². The summed E-state index contributed by atoms with van der Waals surface area (Å²) in [7, 11) is 0. The van der Waals surface area contributed by atoms with Crippen LogP contribution in [-0.4, -0.2) is 42.3 Å². The average molecular weight is 294 g/mol. The van der Waals surface area contributed by atoms with Gasteiger partial charge in [-0.05, 0) is 37.9 Å². The van der Waals surface area contributed by atoms with Crippen LogP contribution in [0, 0.1) is 11.7 Å². The molecule has 1 fully saturated rings. The van der Waals surface area contributed by atoms with E-state index in [4.69, 9.17) is 0 Å². The highest BCUT2D eigenvalue weighted by Gasteiger charge is 2.30. The lowest BCUT2D eigenvalue weighted by atomic mass is 10.0. The van der Waals surface area contributed by atoms with E-state index in [0.717, 1.165) is 38.0 Å². The third-order valence-electron chi connectivity index (χ3n) is 4.62. The van der Waals surface area contributed by atoms with E-state index in [2.05, 4.69) is 17.1 Å². The normalized spacial score (nSPS) is 24.4. The number of hydrogen-bond donors (Lipinski definition) is 2. The van der Waals surface area contributed by atoms with Gasteiger partial charge in [-0.3, -0.25) is 4.90 Å². The van der Waals surface area contributed by atoms with Crippen molar-refractivity contribution in [1.29, 1.82) is 0 Å². The predicted octanol–water partition coefficient (Wildman–Crippen LogP) is 2.57. The molecule has 3 unspecified atom stereocenters. The summed E-state index contributed by atoms with van der Waals surface area (Å²) in [5.41, 5.74) is 0.743. The molecule has 0 saturated carbocycles. The molecule has 0 aromatic heterocycles. The van der Waals surface area contributed by atoms with Gasteiger partial charge in [0, 0.05) is 24.2 Å². The van der Waals surface area contributed by atoms with Gasteiger partial charge in [0.25, 0.3) is 0 Å². The number of likely N-dealkylation sites (tertiary alicyclic amines) is 1. The number of benzene rings is 1. The Kier molecular flexibility index (Phi) is 6.15. The highest BCUT2D eigenvalue weighted by molar-refractivity contribution is 5.21. The monoisotopic (exact) mass is 294 g/mol. The molecule has 0 bridgehead atoms. The molecule has 1 aliphatic rings. The summed E-state index contributed by atoms with van der Waals surface area (Å²) in [4.78, 5) is 2.34. The van der Waals surface area contributed by atoms with Crippen molar-refractivity contribution in [3.8, 4) is 0 Å². The van der Waals surface area contributed by atoms with Crippen molar-refractivity contribution in [2.45, 2.75) is 38.8 Å². The first kappa shape index (κ1) is 16.4. The van der Waals surface area contributed by atoms with Crippen LogP contribution >= 0.6 is 0 Å². The Morgan fingerprint density at radius 2 is 2.19 bits per heavy atom. The topological polar surface area (TPSA) is 35.5 Å². The molecular weight excluding hydrogens is 267 g/mol. The second kappa shape index (κ2) is 7.87. The molecule has 21 heavy (non-hydrogen) atoms. The van der Waals surface area contributed by atoms with Gasteiger partial charge in [-0.1, -0.05) is 32.0 Å². The molecule has 4 heteroatoms. The molecular formula is C17H27FN2O. The SMILES string of the molecule is CCNC(CCN1CCC(C)C1CO)c1ccccc1F. The maximum atomic E-state index is 14.0. The maximum absolute atomic E-state index is 14.0. The summed E-state index contributed by atoms with van der Waals surface area (Å²) in [6.45, 7) is 7.19. The fourth-order valence-corrected chi connectivity index (χ4v) is 3.33. The van der Waals surface area contributed by atoms with Crippen molar-refractivity contribution in [2.24, 2.45) is 5.92 Å². The molecule has 3 nitrogen and oxygen atoms in total. The molecule has 1 saturated heterocycles. The summed E-state index contributed by atoms with van der Waals surface area (Å²) in [5, 5.41) is 12.9. The number of nitrogens with zero attached hydrogens (tertiary/aromatic N) is 1. The summed E-state index contributed by atoms with van der Waals surface area (Å²) >= 11 is 0. The van der Waals surface area contributed by atoms with E-state index in [1.807, 2.05) is 19.1 Å². The van der Waals surface area contributed by atoms with E-state index in [-0.39, 0.29) is 24.5 Å². The van der Waals surface area contributed by atoms with Crippen LogP contribution in [-0.2, 0) is 0 Å². The smallest absolute Gasteiger partial charge is 0.127 e. The standard InChI is InChI=1S/C17H27FN2O/c1-3-19-16(14-6-4-5-7-15(14)18)9-11-20-10-8-13(2)17(20)12-21/h4-7,13,16-17,19,21H,3,8-12H2,1-2H3. The zero-order valence-electron chi connectivity index (χ0n) is 13.1. The van der Waals surface area contributed by atoms with Crippen molar-refractivity contribution < 1.29 is 9.50 Å². The average Bonchev–Trinajstić information content (AvgIpc) is 2.84. The lowest BCUT2D eigenvalue weighted by molar-refractivity contribution is 0.135. The van der Waals surface area contributed by atoms with Crippen molar-refractivity contribution in [3.63, 3.8) is 0 Å². The van der Waals surface area contributed by atoms with Gasteiger partial charge in [-0.25, -0.2) is 4.39 Å². The molecule has 0 aliphatic carbocycles. The van der Waals surface area contributed by atoms with Gasteiger partial charge in [0.15, 0.2) is 0 Å². The quantitative estimate of drug-likeness (QED) is 0.811. The second-order valence-electron chi connectivity index (χ2n) is 5.97. The zero-order valence-corrected chi connectivity index (χ0v) is 13.1. The lowest BCUT2D eigenvalue weighted by Crippen LogP contribution is -2.37. The molecule has 0 amide bonds. The third kappa shape index (κ3) is 4.02. The first-order valence-corrected chi connectivity index (χ1v) is 8.00. The number of halogens is 1. The molecule has 118 valence electrons. The minimum absolute atomic E-state index is 0.0337. The van der Waals surface area contributed by atoms with Crippen molar-refractivity contribution >= 4 is 0 Å². The maximum Gasteiger partial charge on any atom is 0.127 e. The van der Waals surface area contributed by atoms with Gasteiger partial charge in [0.05, 0.1) is 6.61 Å². The number of nitrogens with one attached hydrogen (secondary N) is 1. The van der Waals surface area contributed by atoms with E-state index in [1.54, 1.807) is 6.07 Å². The summed E-state index contributed by atoms with van der Waals surface area (Å²) in [5.74, 6) is 0.401. The van der Waals surface area contributed by atoms with Gasteiger partial charge < -0.3 is 10.4 Å². The molecule has 2 rings (SSSR count). The highest BCUT2D eigenvalue weighted by atomic mass is 19.1. The minimum Gasteiger partial charge on any atom is -0.395 e. The van der Waals surface area contributed by atoms with Crippen LogP contribution in [0.15, 0.2) is 24.3 Å². The summed E-state index contributed by atoms with van der Waals surface area (Å²) in [6, 6.07) is 7.29. The lowest BCUT2D eigenvalue weighted by Gasteiger charge is -2.27. The summed E-state index contributed by atoms with van der Waals surface area (Å²) in [6.07, 6.45) is 1.99. The van der Waals surface area contributed by atoms with Crippen molar-refractivity contribution in [3.05, 3.63) is 35.6 Å². The third-order valence-corrected chi connectivity index (χ3v) is 4.62. The number of rotatable bonds is 7. The van der Waals surface area contributed by atoms with E-state index < -0.39 is 0 Å². The Balaban J connectivity index is 1.99. The van der Waals surface area contributed by atoms with Gasteiger partial charge in [0.1, 0.15) is 5.82 Å². The Labute approximate surface area is 127 Å². The molecule has 1 heterocycles. The molecule has 1 aromatic carbocycles. The van der Waals surface area contributed by atoms with Crippen LogP contribution in [0.3, 0.4) is 0 Å². The van der Waals surface area contributed by atoms with Crippen molar-refractivity contribution in [2.75, 3.05) is 26.2 Å².